The van der Waals surface area contributed by atoms with Crippen LogP contribution >= 0.6 is 11.6 Å². The third-order valence-corrected chi connectivity index (χ3v) is 3.44. The van der Waals surface area contributed by atoms with Gasteiger partial charge in [0, 0.05) is 35.9 Å². The van der Waals surface area contributed by atoms with Crippen LogP contribution < -0.4 is 10.6 Å². The Balaban J connectivity index is 2.30. The van der Waals surface area contributed by atoms with Gasteiger partial charge in [-0.1, -0.05) is 29.8 Å². The Bertz CT molecular complexity index is 599. The lowest BCUT2D eigenvalue weighted by molar-refractivity contribution is 0.592. The van der Waals surface area contributed by atoms with Gasteiger partial charge in [0.25, 0.3) is 0 Å². The van der Waals surface area contributed by atoms with Crippen molar-refractivity contribution in [2.75, 3.05) is 11.9 Å². The first-order chi connectivity index (χ1) is 9.49. The molecule has 0 fully saturated rings. The fraction of sp³-hybridized carbons (Fsp3) is 0.250. The Morgan fingerprint density at radius 2 is 1.95 bits per heavy atom. The molecule has 106 valence electrons. The highest BCUT2D eigenvalue weighted by Crippen LogP contribution is 2.28. The number of rotatable bonds is 4. The molecular formula is C16H18ClFN2. The van der Waals surface area contributed by atoms with E-state index in [9.17, 15) is 4.39 Å². The molecule has 2 rings (SSSR count). The topological polar surface area (TPSA) is 29.3 Å². The maximum absolute atomic E-state index is 13.9. The zero-order valence-corrected chi connectivity index (χ0v) is 12.4. The van der Waals surface area contributed by atoms with Gasteiger partial charge in [-0.2, -0.15) is 0 Å². The third-order valence-electron chi connectivity index (χ3n) is 3.21. The lowest BCUT2D eigenvalue weighted by Gasteiger charge is -2.24. The third kappa shape index (κ3) is 3.30. The normalized spacial score (nSPS) is 12.2. The largest absolute Gasteiger partial charge is 0.370 e. The molecule has 0 spiro atoms. The maximum Gasteiger partial charge on any atom is 0.130 e. The zero-order chi connectivity index (χ0) is 14.7. The van der Waals surface area contributed by atoms with Crippen molar-refractivity contribution in [1.29, 1.82) is 0 Å². The van der Waals surface area contributed by atoms with Gasteiger partial charge in [-0.05, 0) is 36.8 Å². The van der Waals surface area contributed by atoms with Crippen LogP contribution in [0.3, 0.4) is 0 Å². The van der Waals surface area contributed by atoms with Crippen molar-refractivity contribution >= 4 is 17.3 Å². The minimum absolute atomic E-state index is 0.268. The quantitative estimate of drug-likeness (QED) is 0.918. The van der Waals surface area contributed by atoms with Crippen LogP contribution in [0, 0.1) is 5.82 Å². The molecule has 2 aromatic carbocycles. The number of nitrogens with zero attached hydrogens (tertiary/aromatic N) is 1. The number of nitrogens with two attached hydrogens (primary N) is 1. The second-order valence-corrected chi connectivity index (χ2v) is 5.38. The molecule has 0 radical (unpaired) electrons. The lowest BCUT2D eigenvalue weighted by atomic mass is 10.0. The van der Waals surface area contributed by atoms with Gasteiger partial charge in [-0.3, -0.25) is 0 Å². The van der Waals surface area contributed by atoms with E-state index in [4.69, 9.17) is 17.3 Å². The number of anilines is 1. The molecular weight excluding hydrogens is 275 g/mol. The minimum Gasteiger partial charge on any atom is -0.370 e. The smallest absolute Gasteiger partial charge is 0.130 e. The fourth-order valence-corrected chi connectivity index (χ4v) is 2.52. The Morgan fingerprint density at radius 3 is 2.60 bits per heavy atom. The van der Waals surface area contributed by atoms with Crippen LogP contribution in [0.4, 0.5) is 10.1 Å². The number of halogens is 2. The molecule has 2 N–H and O–H groups in total. The first-order valence-electron chi connectivity index (χ1n) is 6.48. The van der Waals surface area contributed by atoms with E-state index in [0.29, 0.717) is 17.1 Å². The second kappa shape index (κ2) is 6.25. The summed E-state index contributed by atoms with van der Waals surface area (Å²) in [5.41, 5.74) is 8.30. The Kier molecular flexibility index (Phi) is 4.63. The maximum atomic E-state index is 13.9. The Hall–Kier alpha value is -1.58. The van der Waals surface area contributed by atoms with E-state index >= 15 is 0 Å². The summed E-state index contributed by atoms with van der Waals surface area (Å²) in [6, 6.07) is 12.3. The van der Waals surface area contributed by atoms with Crippen LogP contribution in [0.5, 0.6) is 0 Å². The monoisotopic (exact) mass is 292 g/mol. The molecule has 2 nitrogen and oxygen atoms in total. The molecule has 0 aliphatic rings. The van der Waals surface area contributed by atoms with E-state index in [1.165, 1.54) is 6.07 Å². The van der Waals surface area contributed by atoms with E-state index in [1.54, 1.807) is 13.0 Å². The highest BCUT2D eigenvalue weighted by Gasteiger charge is 2.15. The molecule has 0 aromatic heterocycles. The Morgan fingerprint density at radius 1 is 1.25 bits per heavy atom. The molecule has 20 heavy (non-hydrogen) atoms. The summed E-state index contributed by atoms with van der Waals surface area (Å²) in [4.78, 5) is 1.98. The van der Waals surface area contributed by atoms with Gasteiger partial charge in [-0.25, -0.2) is 4.39 Å². The van der Waals surface area contributed by atoms with Crippen molar-refractivity contribution in [3.8, 4) is 0 Å². The van der Waals surface area contributed by atoms with Crippen LogP contribution in [0.25, 0.3) is 0 Å². The molecule has 0 saturated heterocycles. The van der Waals surface area contributed by atoms with E-state index in [-0.39, 0.29) is 11.9 Å². The van der Waals surface area contributed by atoms with Gasteiger partial charge in [0.1, 0.15) is 5.82 Å². The molecule has 0 heterocycles. The molecule has 0 saturated carbocycles. The number of hydrogen-bond donors (Lipinski definition) is 1. The molecule has 0 aliphatic carbocycles. The summed E-state index contributed by atoms with van der Waals surface area (Å²) in [6.07, 6.45) is 0. The molecule has 4 heteroatoms. The first kappa shape index (κ1) is 14.8. The predicted molar refractivity (Wildman–Crippen MR) is 82.6 cm³/mol. The average Bonchev–Trinajstić information content (AvgIpc) is 2.37. The van der Waals surface area contributed by atoms with Gasteiger partial charge in [-0.15, -0.1) is 0 Å². The molecule has 2 aromatic rings. The van der Waals surface area contributed by atoms with Crippen LogP contribution in [0.15, 0.2) is 42.5 Å². The van der Waals surface area contributed by atoms with Crippen molar-refractivity contribution in [1.82, 2.24) is 0 Å². The van der Waals surface area contributed by atoms with Crippen molar-refractivity contribution < 1.29 is 4.39 Å². The number of hydrogen-bond acceptors (Lipinski definition) is 2. The van der Waals surface area contributed by atoms with Crippen LogP contribution in [0.2, 0.25) is 5.02 Å². The van der Waals surface area contributed by atoms with Crippen molar-refractivity contribution in [3.63, 3.8) is 0 Å². The SMILES string of the molecule is C[C@@H](N)c1c(F)cccc1N(C)Cc1cccc(Cl)c1. The zero-order valence-electron chi connectivity index (χ0n) is 11.6. The van der Waals surface area contributed by atoms with Crippen molar-refractivity contribution in [2.45, 2.75) is 19.5 Å². The molecule has 0 amide bonds. The first-order valence-corrected chi connectivity index (χ1v) is 6.86. The highest BCUT2D eigenvalue weighted by atomic mass is 35.5. The van der Waals surface area contributed by atoms with E-state index in [0.717, 1.165) is 11.3 Å². The van der Waals surface area contributed by atoms with E-state index in [1.807, 2.05) is 42.3 Å². The summed E-state index contributed by atoms with van der Waals surface area (Å²) >= 11 is 5.98. The highest BCUT2D eigenvalue weighted by molar-refractivity contribution is 6.30. The molecule has 0 unspecified atom stereocenters. The Labute approximate surface area is 124 Å². The summed E-state index contributed by atoms with van der Waals surface area (Å²) in [6.45, 7) is 2.43. The second-order valence-electron chi connectivity index (χ2n) is 4.95. The average molecular weight is 293 g/mol. The molecule has 0 bridgehead atoms. The summed E-state index contributed by atoms with van der Waals surface area (Å²) in [5.74, 6) is -0.268. The van der Waals surface area contributed by atoms with Gasteiger partial charge in [0.2, 0.25) is 0 Å². The van der Waals surface area contributed by atoms with Crippen LogP contribution in [-0.2, 0) is 6.54 Å². The lowest BCUT2D eigenvalue weighted by Crippen LogP contribution is -2.21. The van der Waals surface area contributed by atoms with Crippen LogP contribution in [-0.4, -0.2) is 7.05 Å². The number of benzene rings is 2. The summed E-state index contributed by atoms with van der Waals surface area (Å²) < 4.78 is 13.9. The van der Waals surface area contributed by atoms with Crippen molar-refractivity contribution in [3.05, 3.63) is 64.4 Å². The van der Waals surface area contributed by atoms with Gasteiger partial charge in [0.15, 0.2) is 0 Å². The van der Waals surface area contributed by atoms with Gasteiger partial charge in [0.05, 0.1) is 0 Å². The van der Waals surface area contributed by atoms with E-state index in [2.05, 4.69) is 0 Å². The van der Waals surface area contributed by atoms with E-state index < -0.39 is 0 Å². The summed E-state index contributed by atoms with van der Waals surface area (Å²) in [5, 5.41) is 0.697. The molecule has 1 atom stereocenters. The molecule has 0 aliphatic heterocycles. The minimum atomic E-state index is -0.354. The van der Waals surface area contributed by atoms with Gasteiger partial charge >= 0.3 is 0 Å². The van der Waals surface area contributed by atoms with Crippen LogP contribution in [0.1, 0.15) is 24.1 Å². The standard InChI is InChI=1S/C16H18ClFN2/c1-11(19)16-14(18)7-4-8-15(16)20(2)10-12-5-3-6-13(17)9-12/h3-9,11H,10,19H2,1-2H3/t11-/m1/s1. The van der Waals surface area contributed by atoms with Gasteiger partial charge < -0.3 is 10.6 Å². The fourth-order valence-electron chi connectivity index (χ4n) is 2.30. The summed E-state index contributed by atoms with van der Waals surface area (Å²) in [7, 11) is 1.92. The van der Waals surface area contributed by atoms with Crippen molar-refractivity contribution in [2.24, 2.45) is 5.73 Å². The predicted octanol–water partition coefficient (Wildman–Crippen LogP) is 4.14.